The van der Waals surface area contributed by atoms with E-state index < -0.39 is 0 Å². The molecule has 282 valence electrons. The van der Waals surface area contributed by atoms with Gasteiger partial charge in [0.15, 0.2) is 0 Å². The predicted molar refractivity (Wildman–Crippen MR) is 220 cm³/mol. The molecule has 0 bridgehead atoms. The van der Waals surface area contributed by atoms with Crippen LogP contribution in [0.3, 0.4) is 0 Å². The fourth-order valence-corrected chi connectivity index (χ4v) is 5.02. The van der Waals surface area contributed by atoms with Gasteiger partial charge in [-0.25, -0.2) is 0 Å². The first-order valence-electron chi connectivity index (χ1n) is 17.6. The Morgan fingerprint density at radius 2 is 0.759 bits per heavy atom. The van der Waals surface area contributed by atoms with Crippen molar-refractivity contribution >= 4 is 0 Å². The minimum absolute atomic E-state index is 0. The SMILES string of the molecule is [C-]#Cc1ccccc1.[Pt+2].[Ru+2].[c-]1ccccc1-c1cnc(-c2ccccn2)c(-c2ccccn2)n1.c1ccc(-c2ccccn2)nc1.c1ccc(-c2ccccn2)nc1. The molecule has 9 rings (SSSR count). The molecule has 7 heterocycles. The summed E-state index contributed by atoms with van der Waals surface area (Å²) < 4.78 is 0. The Morgan fingerprint density at radius 3 is 1.10 bits per heavy atom. The summed E-state index contributed by atoms with van der Waals surface area (Å²) in [6.07, 6.45) is 19.0. The van der Waals surface area contributed by atoms with Gasteiger partial charge in [-0.15, -0.1) is 53.6 Å². The standard InChI is InChI=1S/C20H13N4.2C10H8N2.C8H5.Pt.Ru/c1-2-8-15(9-3-1)18-14-23-19(16-10-4-6-12-21-16)20(24-18)17-11-5-7-13-22-17;2*1-3-7-11-9(5-1)10-6-2-4-8-12-10;1-2-8-6-4-3-5-7-8;;/h1-8,10-14H;2*1-8H;3-7H;;/q-1;;;-1;2*+2. The van der Waals surface area contributed by atoms with E-state index >= 15 is 0 Å². The number of pyridine rings is 6. The maximum Gasteiger partial charge on any atom is 2.00 e. The van der Waals surface area contributed by atoms with Gasteiger partial charge in [-0.2, -0.15) is 0 Å². The van der Waals surface area contributed by atoms with Gasteiger partial charge < -0.3 is 6.42 Å². The molecule has 0 N–H and O–H groups in total. The van der Waals surface area contributed by atoms with Crippen molar-refractivity contribution in [2.75, 3.05) is 0 Å². The van der Waals surface area contributed by atoms with Gasteiger partial charge in [0.1, 0.15) is 11.4 Å². The van der Waals surface area contributed by atoms with Gasteiger partial charge in [0, 0.05) is 49.1 Å². The Kier molecular flexibility index (Phi) is 18.8. The molecule has 0 atom stereocenters. The summed E-state index contributed by atoms with van der Waals surface area (Å²) in [5.41, 5.74) is 9.11. The van der Waals surface area contributed by atoms with E-state index in [1.807, 2.05) is 164 Å². The molecular weight excluding hydrogens is 985 g/mol. The van der Waals surface area contributed by atoms with Crippen molar-refractivity contribution in [3.8, 4) is 62.7 Å². The Balaban J connectivity index is 0.000000185. The molecule has 0 amide bonds. The van der Waals surface area contributed by atoms with Crippen LogP contribution >= 0.6 is 0 Å². The number of aromatic nitrogens is 8. The van der Waals surface area contributed by atoms with Crippen LogP contribution in [-0.4, -0.2) is 39.9 Å². The van der Waals surface area contributed by atoms with Crippen LogP contribution in [0.2, 0.25) is 0 Å². The Labute approximate surface area is 366 Å². The number of nitrogens with zero attached hydrogens (tertiary/aromatic N) is 8. The second-order valence-electron chi connectivity index (χ2n) is 11.5. The summed E-state index contributed by atoms with van der Waals surface area (Å²) in [5, 5.41) is 0. The Bertz CT molecular complexity index is 2350. The molecule has 0 aliphatic carbocycles. The van der Waals surface area contributed by atoms with Crippen LogP contribution in [0, 0.1) is 18.4 Å². The molecule has 0 aliphatic heterocycles. The van der Waals surface area contributed by atoms with Gasteiger partial charge in [-0.05, 0) is 72.8 Å². The first-order valence-corrected chi connectivity index (χ1v) is 17.6. The molecule has 9 aromatic rings. The van der Waals surface area contributed by atoms with Gasteiger partial charge in [0.25, 0.3) is 0 Å². The second-order valence-corrected chi connectivity index (χ2v) is 11.5. The molecule has 0 saturated heterocycles. The quantitative estimate of drug-likeness (QED) is 0.0955. The third-order valence-corrected chi connectivity index (χ3v) is 7.68. The van der Waals surface area contributed by atoms with Crippen molar-refractivity contribution < 1.29 is 40.5 Å². The maximum atomic E-state index is 6.69. The summed E-state index contributed by atoms with van der Waals surface area (Å²) in [7, 11) is 0. The zero-order valence-electron chi connectivity index (χ0n) is 30.9. The third-order valence-electron chi connectivity index (χ3n) is 7.68. The number of hydrogen-bond acceptors (Lipinski definition) is 8. The summed E-state index contributed by atoms with van der Waals surface area (Å²) in [4.78, 5) is 35.0. The van der Waals surface area contributed by atoms with Crippen molar-refractivity contribution in [1.82, 2.24) is 39.9 Å². The van der Waals surface area contributed by atoms with E-state index in [2.05, 4.69) is 46.9 Å². The molecule has 0 fully saturated rings. The van der Waals surface area contributed by atoms with Crippen LogP contribution in [-0.2, 0) is 40.5 Å². The number of benzene rings is 2. The van der Waals surface area contributed by atoms with E-state index in [1.165, 1.54) is 0 Å². The normalized spacial score (nSPS) is 9.43. The minimum Gasteiger partial charge on any atom is -0.366 e. The monoisotopic (exact) mass is 1020 g/mol. The number of rotatable bonds is 5. The van der Waals surface area contributed by atoms with Crippen LogP contribution in [0.1, 0.15) is 5.56 Å². The molecule has 10 heteroatoms. The molecule has 2 aromatic carbocycles. The van der Waals surface area contributed by atoms with E-state index in [4.69, 9.17) is 11.4 Å². The van der Waals surface area contributed by atoms with Gasteiger partial charge in [-0.3, -0.25) is 45.8 Å². The summed E-state index contributed by atoms with van der Waals surface area (Å²) >= 11 is 0. The molecular formula is C48H34N8PtRu+2. The van der Waals surface area contributed by atoms with Crippen LogP contribution < -0.4 is 0 Å². The summed E-state index contributed by atoms with van der Waals surface area (Å²) in [6, 6.07) is 54.9. The largest absolute Gasteiger partial charge is 2.00 e. The van der Waals surface area contributed by atoms with Crippen molar-refractivity contribution in [1.29, 1.82) is 0 Å². The van der Waals surface area contributed by atoms with E-state index in [9.17, 15) is 0 Å². The average Bonchev–Trinajstić information content (AvgIpc) is 3.32. The van der Waals surface area contributed by atoms with Gasteiger partial charge in [0.05, 0.1) is 34.2 Å². The zero-order valence-corrected chi connectivity index (χ0v) is 34.9. The van der Waals surface area contributed by atoms with Crippen LogP contribution in [0.4, 0.5) is 0 Å². The van der Waals surface area contributed by atoms with Crippen molar-refractivity contribution in [3.05, 3.63) is 225 Å². The smallest absolute Gasteiger partial charge is 0.366 e. The summed E-state index contributed by atoms with van der Waals surface area (Å²) in [5.74, 6) is 2.28. The fourth-order valence-electron chi connectivity index (χ4n) is 5.02. The molecule has 0 saturated carbocycles. The van der Waals surface area contributed by atoms with Gasteiger partial charge >= 0.3 is 40.5 Å². The van der Waals surface area contributed by atoms with E-state index in [0.29, 0.717) is 11.4 Å². The summed E-state index contributed by atoms with van der Waals surface area (Å²) in [6.45, 7) is 0. The Morgan fingerprint density at radius 1 is 0.379 bits per heavy atom. The molecule has 7 aromatic heterocycles. The topological polar surface area (TPSA) is 103 Å². The first kappa shape index (κ1) is 44.0. The molecule has 0 spiro atoms. The Hall–Kier alpha value is -6.71. The van der Waals surface area contributed by atoms with Crippen molar-refractivity contribution in [3.63, 3.8) is 0 Å². The maximum absolute atomic E-state index is 6.69. The number of hydrogen-bond donors (Lipinski definition) is 0. The zero-order chi connectivity index (χ0) is 38.5. The molecule has 8 nitrogen and oxygen atoms in total. The van der Waals surface area contributed by atoms with Crippen LogP contribution in [0.25, 0.3) is 56.8 Å². The minimum atomic E-state index is 0. The predicted octanol–water partition coefficient (Wildman–Crippen LogP) is 9.97. The molecule has 0 aliphatic rings. The second kappa shape index (κ2) is 24.7. The average molecular weight is 1020 g/mol. The van der Waals surface area contributed by atoms with E-state index in [1.54, 1.807) is 43.4 Å². The van der Waals surface area contributed by atoms with Crippen LogP contribution in [0.5, 0.6) is 0 Å². The van der Waals surface area contributed by atoms with E-state index in [-0.39, 0.29) is 40.5 Å². The van der Waals surface area contributed by atoms with Crippen molar-refractivity contribution in [2.24, 2.45) is 0 Å². The van der Waals surface area contributed by atoms with Gasteiger partial charge in [0.2, 0.25) is 0 Å². The first-order chi connectivity index (χ1) is 27.8. The van der Waals surface area contributed by atoms with E-state index in [0.717, 1.165) is 51.0 Å². The van der Waals surface area contributed by atoms with Gasteiger partial charge in [-0.1, -0.05) is 54.6 Å². The van der Waals surface area contributed by atoms with Crippen molar-refractivity contribution in [2.45, 2.75) is 0 Å². The molecule has 58 heavy (non-hydrogen) atoms. The molecule has 0 unspecified atom stereocenters. The van der Waals surface area contributed by atoms with Crippen LogP contribution in [0.15, 0.2) is 207 Å². The fraction of sp³-hybridized carbons (Fsp3) is 0. The molecule has 0 radical (unpaired) electrons. The third kappa shape index (κ3) is 13.5.